The molecule has 0 aliphatic carbocycles. The third-order valence-corrected chi connectivity index (χ3v) is 5.90. The van der Waals surface area contributed by atoms with Crippen molar-refractivity contribution in [3.05, 3.63) is 12.7 Å². The fourth-order valence-corrected chi connectivity index (χ4v) is 4.85. The number of fused-ring (bicyclic) bond motifs is 4. The Labute approximate surface area is 160 Å². The van der Waals surface area contributed by atoms with Gasteiger partial charge in [0.05, 0.1) is 12.4 Å². The molecule has 2 aromatic rings. The Morgan fingerprint density at radius 3 is 2.56 bits per heavy atom. The van der Waals surface area contributed by atoms with E-state index in [2.05, 4.69) is 19.9 Å². The molecule has 9 nitrogen and oxygen atoms in total. The maximum absolute atomic E-state index is 6.23. The molecule has 3 fully saturated rings. The van der Waals surface area contributed by atoms with E-state index in [0.29, 0.717) is 11.4 Å². The molecule has 3 aliphatic rings. The van der Waals surface area contributed by atoms with Crippen LogP contribution in [0.15, 0.2) is 17.7 Å². The first-order valence-electron chi connectivity index (χ1n) is 8.95. The van der Waals surface area contributed by atoms with Crippen molar-refractivity contribution < 1.29 is 23.7 Å². The van der Waals surface area contributed by atoms with Crippen LogP contribution >= 0.6 is 11.8 Å². The standard InChI is InChI=1S/C17H22N4O5S/c1-16(2)23-10-8(5-27-14-9-13(19-6-18-9)20-7-21-14)22-15-12(11(10)24-16)25-17(3,4)26-15/h6-8,10-12,15H,5H2,1-4H3,(H,18,19,20,21)/t8-,10+,11+,12-,15-/m1/s1. The number of hydrogen-bond acceptors (Lipinski definition) is 9. The molecule has 0 aromatic carbocycles. The van der Waals surface area contributed by atoms with Gasteiger partial charge in [0.15, 0.2) is 23.5 Å². The van der Waals surface area contributed by atoms with Crippen LogP contribution in [0, 0.1) is 0 Å². The second-order valence-electron chi connectivity index (χ2n) is 7.80. The Morgan fingerprint density at radius 1 is 0.963 bits per heavy atom. The fourth-order valence-electron chi connectivity index (χ4n) is 3.84. The van der Waals surface area contributed by atoms with Crippen molar-refractivity contribution in [1.82, 2.24) is 19.9 Å². The van der Waals surface area contributed by atoms with Crippen LogP contribution < -0.4 is 0 Å². The molecule has 5 rings (SSSR count). The first-order chi connectivity index (χ1) is 12.8. The van der Waals surface area contributed by atoms with E-state index in [1.165, 1.54) is 6.33 Å². The second kappa shape index (κ2) is 6.10. The summed E-state index contributed by atoms with van der Waals surface area (Å²) in [6, 6.07) is 0. The summed E-state index contributed by atoms with van der Waals surface area (Å²) in [5.41, 5.74) is 1.46. The van der Waals surface area contributed by atoms with Crippen LogP contribution in [-0.2, 0) is 23.7 Å². The fraction of sp³-hybridized carbons (Fsp3) is 0.706. The van der Waals surface area contributed by atoms with E-state index in [4.69, 9.17) is 23.7 Å². The van der Waals surface area contributed by atoms with Gasteiger partial charge in [0.2, 0.25) is 0 Å². The Kier molecular flexibility index (Phi) is 4.01. The summed E-state index contributed by atoms with van der Waals surface area (Å²) < 4.78 is 30.5. The highest BCUT2D eigenvalue weighted by Crippen LogP contribution is 2.45. The lowest BCUT2D eigenvalue weighted by molar-refractivity contribution is -0.228. The Morgan fingerprint density at radius 2 is 1.70 bits per heavy atom. The number of ether oxygens (including phenoxy) is 5. The molecule has 1 N–H and O–H groups in total. The zero-order valence-corrected chi connectivity index (χ0v) is 16.4. The van der Waals surface area contributed by atoms with Crippen molar-refractivity contribution in [3.63, 3.8) is 0 Å². The van der Waals surface area contributed by atoms with E-state index in [0.717, 1.165) is 10.5 Å². The average molecular weight is 394 g/mol. The smallest absolute Gasteiger partial charge is 0.190 e. The maximum Gasteiger partial charge on any atom is 0.190 e. The van der Waals surface area contributed by atoms with Crippen LogP contribution in [-0.4, -0.2) is 68.0 Å². The first kappa shape index (κ1) is 17.8. The number of aromatic amines is 1. The van der Waals surface area contributed by atoms with E-state index in [9.17, 15) is 0 Å². The van der Waals surface area contributed by atoms with Crippen LogP contribution in [0.2, 0.25) is 0 Å². The summed E-state index contributed by atoms with van der Waals surface area (Å²) in [6.07, 6.45) is 1.61. The highest BCUT2D eigenvalue weighted by molar-refractivity contribution is 7.99. The number of aromatic nitrogens is 4. The Balaban J connectivity index is 1.38. The number of rotatable bonds is 3. The molecule has 0 saturated carbocycles. The van der Waals surface area contributed by atoms with E-state index < -0.39 is 17.9 Å². The molecule has 0 amide bonds. The number of H-pyrrole nitrogens is 1. The lowest BCUT2D eigenvalue weighted by Gasteiger charge is -2.37. The minimum atomic E-state index is -0.716. The lowest BCUT2D eigenvalue weighted by Crippen LogP contribution is -2.55. The topological polar surface area (TPSA) is 101 Å². The van der Waals surface area contributed by atoms with Gasteiger partial charge in [-0.1, -0.05) is 0 Å². The predicted octanol–water partition coefficient (Wildman–Crippen LogP) is 1.84. The first-order valence-corrected chi connectivity index (χ1v) is 9.93. The Hall–Kier alpha value is -1.30. The summed E-state index contributed by atoms with van der Waals surface area (Å²) in [5, 5.41) is 0.821. The molecule has 0 bridgehead atoms. The van der Waals surface area contributed by atoms with Crippen LogP contribution in [0.5, 0.6) is 0 Å². The van der Waals surface area contributed by atoms with Gasteiger partial charge in [-0.15, -0.1) is 11.8 Å². The molecule has 27 heavy (non-hydrogen) atoms. The molecule has 2 aromatic heterocycles. The van der Waals surface area contributed by atoms with Gasteiger partial charge in [0.1, 0.15) is 35.2 Å². The molecule has 0 spiro atoms. The van der Waals surface area contributed by atoms with Gasteiger partial charge in [0.25, 0.3) is 0 Å². The molecule has 5 heterocycles. The highest BCUT2D eigenvalue weighted by atomic mass is 32.2. The number of hydrogen-bond donors (Lipinski definition) is 1. The summed E-state index contributed by atoms with van der Waals surface area (Å²) in [7, 11) is 0. The second-order valence-corrected chi connectivity index (χ2v) is 8.81. The van der Waals surface area contributed by atoms with Gasteiger partial charge < -0.3 is 28.7 Å². The molecule has 5 atom stereocenters. The number of nitrogens with zero attached hydrogens (tertiary/aromatic N) is 3. The van der Waals surface area contributed by atoms with Crippen LogP contribution in [0.3, 0.4) is 0 Å². The Bertz CT molecular complexity index is 859. The van der Waals surface area contributed by atoms with E-state index in [-0.39, 0.29) is 24.4 Å². The molecule has 146 valence electrons. The zero-order valence-electron chi connectivity index (χ0n) is 15.5. The maximum atomic E-state index is 6.23. The zero-order chi connectivity index (χ0) is 18.8. The summed E-state index contributed by atoms with van der Waals surface area (Å²) >= 11 is 1.56. The normalized spacial score (nSPS) is 36.7. The van der Waals surface area contributed by atoms with Crippen LogP contribution in [0.4, 0.5) is 0 Å². The van der Waals surface area contributed by atoms with E-state index in [1.807, 2.05) is 27.7 Å². The monoisotopic (exact) mass is 394 g/mol. The van der Waals surface area contributed by atoms with Gasteiger partial charge in [-0.25, -0.2) is 15.0 Å². The molecule has 0 radical (unpaired) electrons. The third kappa shape index (κ3) is 3.14. The number of imidazole rings is 1. The molecule has 0 unspecified atom stereocenters. The number of nitrogens with one attached hydrogen (secondary N) is 1. The molecule has 3 saturated heterocycles. The third-order valence-electron chi connectivity index (χ3n) is 4.82. The van der Waals surface area contributed by atoms with Crippen LogP contribution in [0.1, 0.15) is 27.7 Å². The minimum Gasteiger partial charge on any atom is -0.343 e. The van der Waals surface area contributed by atoms with Crippen molar-refractivity contribution >= 4 is 22.9 Å². The number of thioether (sulfide) groups is 1. The molecule has 3 aliphatic heterocycles. The van der Waals surface area contributed by atoms with E-state index >= 15 is 0 Å². The summed E-state index contributed by atoms with van der Waals surface area (Å²) in [5.74, 6) is -0.788. The SMILES string of the molecule is CC1(C)O[C@H]2[C@@H](O1)[C@@H](CSc1ncnc3nc[nH]c13)O[C@@H]1OC(C)(C)O[C@@H]12. The van der Waals surface area contributed by atoms with Crippen molar-refractivity contribution in [3.8, 4) is 0 Å². The van der Waals surface area contributed by atoms with Crippen LogP contribution in [0.25, 0.3) is 11.2 Å². The predicted molar refractivity (Wildman–Crippen MR) is 94.9 cm³/mol. The van der Waals surface area contributed by atoms with Gasteiger partial charge >= 0.3 is 0 Å². The average Bonchev–Trinajstić information content (AvgIpc) is 3.26. The molecule has 10 heteroatoms. The summed E-state index contributed by atoms with van der Waals surface area (Å²) in [6.45, 7) is 7.57. The van der Waals surface area contributed by atoms with Crippen molar-refractivity contribution in [2.45, 2.75) is 75.0 Å². The molecular weight excluding hydrogens is 372 g/mol. The summed E-state index contributed by atoms with van der Waals surface area (Å²) in [4.78, 5) is 15.8. The van der Waals surface area contributed by atoms with Gasteiger partial charge in [-0.3, -0.25) is 0 Å². The quantitative estimate of drug-likeness (QED) is 0.617. The lowest BCUT2D eigenvalue weighted by atomic mass is 10.00. The van der Waals surface area contributed by atoms with Crippen molar-refractivity contribution in [2.75, 3.05) is 5.75 Å². The van der Waals surface area contributed by atoms with Gasteiger partial charge in [0, 0.05) is 5.75 Å². The largest absolute Gasteiger partial charge is 0.343 e. The highest BCUT2D eigenvalue weighted by Gasteiger charge is 2.60. The van der Waals surface area contributed by atoms with Crippen molar-refractivity contribution in [1.29, 1.82) is 0 Å². The molecular formula is C17H22N4O5S. The van der Waals surface area contributed by atoms with Gasteiger partial charge in [-0.05, 0) is 27.7 Å². The van der Waals surface area contributed by atoms with Gasteiger partial charge in [-0.2, -0.15) is 0 Å². The minimum absolute atomic E-state index is 0.228. The van der Waals surface area contributed by atoms with E-state index in [1.54, 1.807) is 18.1 Å². The van der Waals surface area contributed by atoms with Crippen molar-refractivity contribution in [2.24, 2.45) is 0 Å².